The van der Waals surface area contributed by atoms with Gasteiger partial charge in [-0.05, 0) is 18.9 Å². The third-order valence-corrected chi connectivity index (χ3v) is 3.62. The maximum atomic E-state index is 4.15. The lowest BCUT2D eigenvalue weighted by Gasteiger charge is -2.20. The molecule has 0 atom stereocenters. The van der Waals surface area contributed by atoms with Crippen LogP contribution < -0.4 is 4.90 Å². The molecule has 0 saturated heterocycles. The van der Waals surface area contributed by atoms with E-state index in [1.807, 2.05) is 24.4 Å². The summed E-state index contributed by atoms with van der Waals surface area (Å²) >= 11 is 3.46. The molecule has 0 aliphatic carbocycles. The Bertz CT molecular complexity index is 496. The summed E-state index contributed by atoms with van der Waals surface area (Å²) in [6.45, 7) is 1.06. The third kappa shape index (κ3) is 3.19. The Morgan fingerprint density at radius 2 is 2.00 bits per heavy atom. The Hall–Kier alpha value is -1.16. The molecule has 1 aromatic carbocycles. The molecule has 96 valence electrons. The molecule has 0 aliphatic heterocycles. The molecule has 1 heterocycles. The fourth-order valence-electron chi connectivity index (χ4n) is 2.04. The molecular formula is C14H18BrN3. The Balaban J connectivity index is 2.10. The maximum absolute atomic E-state index is 4.15. The fourth-order valence-corrected chi connectivity index (χ4v) is 2.43. The third-order valence-electron chi connectivity index (χ3n) is 3.06. The van der Waals surface area contributed by atoms with Crippen LogP contribution in [0.25, 0.3) is 10.9 Å². The lowest BCUT2D eigenvalue weighted by atomic mass is 10.2. The predicted molar refractivity (Wildman–Crippen MR) is 80.5 cm³/mol. The van der Waals surface area contributed by atoms with Gasteiger partial charge in [-0.2, -0.15) is 10.2 Å². The first-order valence-corrected chi connectivity index (χ1v) is 7.42. The Kier molecular flexibility index (Phi) is 4.93. The summed E-state index contributed by atoms with van der Waals surface area (Å²) in [6.07, 6.45) is 5.56. The van der Waals surface area contributed by atoms with Gasteiger partial charge in [0, 0.05) is 24.3 Å². The minimum Gasteiger partial charge on any atom is -0.373 e. The van der Waals surface area contributed by atoms with Crippen LogP contribution in [0.4, 0.5) is 5.69 Å². The molecule has 0 saturated carbocycles. The number of benzene rings is 1. The molecule has 0 radical (unpaired) electrons. The van der Waals surface area contributed by atoms with Crippen molar-refractivity contribution in [1.29, 1.82) is 0 Å². The molecule has 0 amide bonds. The zero-order chi connectivity index (χ0) is 12.8. The topological polar surface area (TPSA) is 29.0 Å². The monoisotopic (exact) mass is 307 g/mol. The number of anilines is 1. The second-order valence-corrected chi connectivity index (χ2v) is 5.21. The minimum absolute atomic E-state index is 0.960. The molecule has 0 spiro atoms. The average Bonchev–Trinajstić information content (AvgIpc) is 2.43. The van der Waals surface area contributed by atoms with Crippen LogP contribution in [0.1, 0.15) is 19.3 Å². The first-order chi connectivity index (χ1) is 8.83. The van der Waals surface area contributed by atoms with Crippen LogP contribution in [0.3, 0.4) is 0 Å². The van der Waals surface area contributed by atoms with Gasteiger partial charge in [0.1, 0.15) is 0 Å². The number of alkyl halides is 1. The second kappa shape index (κ2) is 6.69. The minimum atomic E-state index is 0.960. The summed E-state index contributed by atoms with van der Waals surface area (Å²) in [5.41, 5.74) is 2.13. The van der Waals surface area contributed by atoms with Crippen LogP contribution in [0, 0.1) is 0 Å². The largest absolute Gasteiger partial charge is 0.373 e. The first-order valence-electron chi connectivity index (χ1n) is 6.30. The highest BCUT2D eigenvalue weighted by Gasteiger charge is 2.06. The van der Waals surface area contributed by atoms with Gasteiger partial charge in [0.25, 0.3) is 0 Å². The maximum Gasteiger partial charge on any atom is 0.0950 e. The normalized spacial score (nSPS) is 10.8. The molecule has 0 N–H and O–H groups in total. The van der Waals surface area contributed by atoms with E-state index in [0.717, 1.165) is 17.4 Å². The summed E-state index contributed by atoms with van der Waals surface area (Å²) in [5.74, 6) is 0. The van der Waals surface area contributed by atoms with E-state index in [9.17, 15) is 0 Å². The van der Waals surface area contributed by atoms with E-state index in [2.05, 4.69) is 44.1 Å². The van der Waals surface area contributed by atoms with E-state index >= 15 is 0 Å². The summed E-state index contributed by atoms with van der Waals surface area (Å²) in [5, 5.41) is 10.5. The van der Waals surface area contributed by atoms with Gasteiger partial charge < -0.3 is 4.90 Å². The summed E-state index contributed by atoms with van der Waals surface area (Å²) < 4.78 is 0. The average molecular weight is 308 g/mol. The zero-order valence-electron chi connectivity index (χ0n) is 10.6. The summed E-state index contributed by atoms with van der Waals surface area (Å²) in [4.78, 5) is 2.27. The molecule has 2 aromatic rings. The highest BCUT2D eigenvalue weighted by atomic mass is 79.9. The molecule has 0 fully saturated rings. The predicted octanol–water partition coefficient (Wildman–Crippen LogP) is 3.63. The Morgan fingerprint density at radius 1 is 1.17 bits per heavy atom. The second-order valence-electron chi connectivity index (χ2n) is 4.42. The summed E-state index contributed by atoms with van der Waals surface area (Å²) in [6, 6.07) is 8.15. The van der Waals surface area contributed by atoms with Crippen LogP contribution in [0.15, 0.2) is 30.5 Å². The van der Waals surface area contributed by atoms with E-state index in [0.29, 0.717) is 0 Å². The highest BCUT2D eigenvalue weighted by Crippen LogP contribution is 2.23. The molecular weight excluding hydrogens is 290 g/mol. The highest BCUT2D eigenvalue weighted by molar-refractivity contribution is 9.09. The van der Waals surface area contributed by atoms with E-state index in [4.69, 9.17) is 0 Å². The van der Waals surface area contributed by atoms with E-state index in [1.165, 1.54) is 30.3 Å². The van der Waals surface area contributed by atoms with Gasteiger partial charge in [-0.3, -0.25) is 0 Å². The van der Waals surface area contributed by atoms with Crippen molar-refractivity contribution < 1.29 is 0 Å². The zero-order valence-corrected chi connectivity index (χ0v) is 12.2. The number of rotatable bonds is 6. The molecule has 4 heteroatoms. The lowest BCUT2D eigenvalue weighted by Crippen LogP contribution is -2.19. The van der Waals surface area contributed by atoms with E-state index in [-0.39, 0.29) is 0 Å². The van der Waals surface area contributed by atoms with Gasteiger partial charge in [-0.15, -0.1) is 0 Å². The Labute approximate surface area is 116 Å². The van der Waals surface area contributed by atoms with Crippen molar-refractivity contribution in [3.8, 4) is 0 Å². The quantitative estimate of drug-likeness (QED) is 0.603. The number of hydrogen-bond acceptors (Lipinski definition) is 3. The van der Waals surface area contributed by atoms with Crippen molar-refractivity contribution in [2.45, 2.75) is 19.3 Å². The van der Waals surface area contributed by atoms with Crippen LogP contribution in [-0.2, 0) is 0 Å². The number of aromatic nitrogens is 2. The van der Waals surface area contributed by atoms with Gasteiger partial charge in [-0.1, -0.05) is 40.5 Å². The molecule has 1 aromatic heterocycles. The molecule has 18 heavy (non-hydrogen) atoms. The molecule has 0 aliphatic rings. The first kappa shape index (κ1) is 13.3. The number of unbranched alkanes of at least 4 members (excludes halogenated alkanes) is 2. The van der Waals surface area contributed by atoms with Crippen molar-refractivity contribution in [3.05, 3.63) is 30.5 Å². The van der Waals surface area contributed by atoms with E-state index in [1.54, 1.807) is 0 Å². The van der Waals surface area contributed by atoms with Crippen molar-refractivity contribution in [3.63, 3.8) is 0 Å². The standard InChI is InChI=1S/C14H18BrN3/c1-18(10-6-2-5-9-15)14-11-16-17-13-8-4-3-7-12(13)14/h3-4,7-8,11H,2,5-6,9-10H2,1H3. The SMILES string of the molecule is CN(CCCCCBr)c1cnnc2ccccc12. The van der Waals surface area contributed by atoms with Gasteiger partial charge in [0.05, 0.1) is 17.4 Å². The Morgan fingerprint density at radius 3 is 2.83 bits per heavy atom. The molecule has 0 bridgehead atoms. The molecule has 0 unspecified atom stereocenters. The van der Waals surface area contributed by atoms with Gasteiger partial charge >= 0.3 is 0 Å². The van der Waals surface area contributed by atoms with Crippen molar-refractivity contribution in [2.24, 2.45) is 0 Å². The van der Waals surface area contributed by atoms with Crippen LogP contribution in [0.2, 0.25) is 0 Å². The van der Waals surface area contributed by atoms with E-state index < -0.39 is 0 Å². The smallest absolute Gasteiger partial charge is 0.0950 e. The van der Waals surface area contributed by atoms with Crippen molar-refractivity contribution in [2.75, 3.05) is 23.8 Å². The molecule has 2 rings (SSSR count). The van der Waals surface area contributed by atoms with Crippen LogP contribution >= 0.6 is 15.9 Å². The van der Waals surface area contributed by atoms with Gasteiger partial charge in [0.15, 0.2) is 0 Å². The van der Waals surface area contributed by atoms with Gasteiger partial charge in [0.2, 0.25) is 0 Å². The number of hydrogen-bond donors (Lipinski definition) is 0. The number of fused-ring (bicyclic) bond motifs is 1. The van der Waals surface area contributed by atoms with Crippen LogP contribution in [0.5, 0.6) is 0 Å². The molecule has 3 nitrogen and oxygen atoms in total. The van der Waals surface area contributed by atoms with Crippen LogP contribution in [-0.4, -0.2) is 29.1 Å². The van der Waals surface area contributed by atoms with Gasteiger partial charge in [-0.25, -0.2) is 0 Å². The number of nitrogens with zero attached hydrogens (tertiary/aromatic N) is 3. The van der Waals surface area contributed by atoms with Crippen molar-refractivity contribution >= 4 is 32.5 Å². The lowest BCUT2D eigenvalue weighted by molar-refractivity contribution is 0.711. The fraction of sp³-hybridized carbons (Fsp3) is 0.429. The number of halogens is 1. The summed E-state index contributed by atoms with van der Waals surface area (Å²) in [7, 11) is 2.12. The van der Waals surface area contributed by atoms with Crippen molar-refractivity contribution in [1.82, 2.24) is 10.2 Å².